The zero-order chi connectivity index (χ0) is 15.5. The van der Waals surface area contributed by atoms with E-state index in [2.05, 4.69) is 60.7 Å². The minimum Gasteiger partial charge on any atom is -0.358 e. The summed E-state index contributed by atoms with van der Waals surface area (Å²) in [6.45, 7) is 0. The summed E-state index contributed by atoms with van der Waals surface area (Å²) in [5.74, 6) is 1.18. The minimum absolute atomic E-state index is 0. The molecule has 0 amide bonds. The zero-order valence-electron chi connectivity index (χ0n) is 15.7. The number of fused-ring (bicyclic) bond motifs is 3. The molecule has 0 fully saturated rings. The van der Waals surface area contributed by atoms with Gasteiger partial charge in [0.25, 0.3) is 0 Å². The Balaban J connectivity index is 0.000000372. The van der Waals surface area contributed by atoms with Crippen molar-refractivity contribution < 1.29 is 25.8 Å². The fourth-order valence-corrected chi connectivity index (χ4v) is 3.81. The first-order valence-electron chi connectivity index (χ1n) is 8.38. The molecular weight excluding hydrogens is 479 g/mol. The van der Waals surface area contributed by atoms with Crippen LogP contribution in [0.15, 0.2) is 84.9 Å². The van der Waals surface area contributed by atoms with E-state index in [1.165, 1.54) is 35.1 Å². The zero-order valence-corrected chi connectivity index (χ0v) is 19.2. The standard InChI is InChI=1S/C18H15.C5H5.2CH3.Hf/c1-2-8-13(7-1)18-16-11-5-3-9-14(16)15-10-4-6-12-17(15)18;1-2-4-5-3-1;;;/h1,3-7,9-11,13,18H,2,8H2;1-5H;2*1H3;/q4*-1;+4. The van der Waals surface area contributed by atoms with E-state index in [-0.39, 0.29) is 40.7 Å². The van der Waals surface area contributed by atoms with E-state index in [9.17, 15) is 0 Å². The molecule has 2 aliphatic rings. The van der Waals surface area contributed by atoms with E-state index in [0.717, 1.165) is 0 Å². The Morgan fingerprint density at radius 3 is 2.27 bits per heavy atom. The Labute approximate surface area is 178 Å². The maximum absolute atomic E-state index is 3.49. The van der Waals surface area contributed by atoms with Gasteiger partial charge in [0, 0.05) is 0 Å². The number of hydrogen-bond donors (Lipinski definition) is 0. The molecule has 2 atom stereocenters. The molecule has 3 aromatic rings. The Hall–Kier alpha value is -1.60. The molecule has 2 unspecified atom stereocenters. The van der Waals surface area contributed by atoms with Gasteiger partial charge in [-0.05, 0) is 30.2 Å². The van der Waals surface area contributed by atoms with Crippen molar-refractivity contribution in [3.05, 3.63) is 117 Å². The minimum atomic E-state index is 0. The Morgan fingerprint density at radius 2 is 1.62 bits per heavy atom. The molecule has 26 heavy (non-hydrogen) atoms. The molecule has 0 saturated heterocycles. The molecule has 5 rings (SSSR count). The molecule has 0 N–H and O–H groups in total. The van der Waals surface area contributed by atoms with Crippen LogP contribution >= 0.6 is 0 Å². The van der Waals surface area contributed by atoms with Crippen molar-refractivity contribution in [3.63, 3.8) is 0 Å². The van der Waals surface area contributed by atoms with Crippen LogP contribution in [0.4, 0.5) is 0 Å². The van der Waals surface area contributed by atoms with E-state index in [1.807, 2.05) is 30.3 Å². The summed E-state index contributed by atoms with van der Waals surface area (Å²) in [7, 11) is 0. The quantitative estimate of drug-likeness (QED) is 0.193. The van der Waals surface area contributed by atoms with Gasteiger partial charge in [0.05, 0.1) is 0 Å². The summed E-state index contributed by atoms with van der Waals surface area (Å²) in [6, 6.07) is 28.7. The van der Waals surface area contributed by atoms with Crippen LogP contribution in [0.25, 0.3) is 11.1 Å². The van der Waals surface area contributed by atoms with Gasteiger partial charge in [-0.25, -0.2) is 12.1 Å². The molecule has 2 aliphatic carbocycles. The third-order valence-corrected chi connectivity index (χ3v) is 4.82. The van der Waals surface area contributed by atoms with Crippen molar-refractivity contribution in [2.24, 2.45) is 5.92 Å². The van der Waals surface area contributed by atoms with Crippen LogP contribution in [0, 0.1) is 26.8 Å². The van der Waals surface area contributed by atoms with Crippen molar-refractivity contribution in [3.8, 4) is 11.1 Å². The molecule has 0 heterocycles. The molecule has 0 aliphatic heterocycles. The van der Waals surface area contributed by atoms with E-state index in [1.54, 1.807) is 0 Å². The summed E-state index contributed by atoms with van der Waals surface area (Å²) < 4.78 is 0. The Morgan fingerprint density at radius 1 is 0.885 bits per heavy atom. The first-order chi connectivity index (χ1) is 11.4. The van der Waals surface area contributed by atoms with Crippen molar-refractivity contribution in [2.45, 2.75) is 18.8 Å². The fourth-order valence-electron chi connectivity index (χ4n) is 3.81. The van der Waals surface area contributed by atoms with E-state index >= 15 is 0 Å². The summed E-state index contributed by atoms with van der Waals surface area (Å²) >= 11 is 0. The van der Waals surface area contributed by atoms with Gasteiger partial charge < -0.3 is 14.9 Å². The van der Waals surface area contributed by atoms with Gasteiger partial charge in [0.15, 0.2) is 0 Å². The number of benzene rings is 2. The molecule has 3 aromatic carbocycles. The van der Waals surface area contributed by atoms with Gasteiger partial charge in [0.1, 0.15) is 0 Å². The van der Waals surface area contributed by atoms with Crippen LogP contribution in [-0.4, -0.2) is 0 Å². The molecule has 0 saturated carbocycles. The van der Waals surface area contributed by atoms with Crippen LogP contribution in [0.5, 0.6) is 0 Å². The predicted molar refractivity (Wildman–Crippen MR) is 109 cm³/mol. The molecule has 0 spiro atoms. The summed E-state index contributed by atoms with van der Waals surface area (Å²) in [5.41, 5.74) is 5.69. The second-order valence-electron chi connectivity index (χ2n) is 6.19. The molecule has 0 radical (unpaired) electrons. The second-order valence-corrected chi connectivity index (χ2v) is 6.19. The topological polar surface area (TPSA) is 0 Å². The SMILES string of the molecule is [CH3-].[CH3-].[Hf+4].[c-]1cccc2c1C(C1C=CCC1)c1ccccc1-2.c1cc[cH-]c1. The van der Waals surface area contributed by atoms with Crippen LogP contribution in [0.1, 0.15) is 29.9 Å². The first-order valence-corrected chi connectivity index (χ1v) is 8.38. The third-order valence-electron chi connectivity index (χ3n) is 4.82. The van der Waals surface area contributed by atoms with Gasteiger partial charge in [-0.1, -0.05) is 42.0 Å². The number of hydrogen-bond acceptors (Lipinski definition) is 0. The van der Waals surface area contributed by atoms with Gasteiger partial charge in [-0.3, -0.25) is 0 Å². The van der Waals surface area contributed by atoms with E-state index in [0.29, 0.717) is 11.8 Å². The van der Waals surface area contributed by atoms with Crippen molar-refractivity contribution in [1.82, 2.24) is 0 Å². The maximum Gasteiger partial charge on any atom is 4.00 e. The van der Waals surface area contributed by atoms with Crippen molar-refractivity contribution in [2.75, 3.05) is 0 Å². The number of allylic oxidation sites excluding steroid dienone is 2. The monoisotopic (exact) mass is 506 g/mol. The largest absolute Gasteiger partial charge is 4.00 e. The maximum atomic E-state index is 3.49. The number of rotatable bonds is 1. The van der Waals surface area contributed by atoms with Crippen LogP contribution in [0.2, 0.25) is 0 Å². The molecular formula is C25H26Hf. The van der Waals surface area contributed by atoms with Gasteiger partial charge in [-0.2, -0.15) is 42.5 Å². The Kier molecular flexibility index (Phi) is 9.08. The normalized spacial score (nSPS) is 18.2. The summed E-state index contributed by atoms with van der Waals surface area (Å²) in [6.07, 6.45) is 7.23. The predicted octanol–water partition coefficient (Wildman–Crippen LogP) is 6.87. The van der Waals surface area contributed by atoms with Gasteiger partial charge in [0.2, 0.25) is 0 Å². The van der Waals surface area contributed by atoms with E-state index < -0.39 is 0 Å². The van der Waals surface area contributed by atoms with Crippen LogP contribution in [0.3, 0.4) is 0 Å². The van der Waals surface area contributed by atoms with Crippen molar-refractivity contribution >= 4 is 0 Å². The summed E-state index contributed by atoms with van der Waals surface area (Å²) in [4.78, 5) is 0. The Bertz CT molecular complexity index is 736. The average molecular weight is 505 g/mol. The molecule has 0 aromatic heterocycles. The van der Waals surface area contributed by atoms with Gasteiger partial charge in [-0.15, -0.1) is 11.1 Å². The van der Waals surface area contributed by atoms with Crippen molar-refractivity contribution in [1.29, 1.82) is 0 Å². The molecule has 0 nitrogen and oxygen atoms in total. The molecule has 1 heteroatoms. The third kappa shape index (κ3) is 4.38. The average Bonchev–Trinajstić information content (AvgIpc) is 3.35. The molecule has 0 bridgehead atoms. The molecule has 130 valence electrons. The summed E-state index contributed by atoms with van der Waals surface area (Å²) in [5, 5.41) is 0. The van der Waals surface area contributed by atoms with Crippen LogP contribution in [-0.2, 0) is 25.8 Å². The second kappa shape index (κ2) is 10.5. The van der Waals surface area contributed by atoms with Crippen LogP contribution < -0.4 is 0 Å². The van der Waals surface area contributed by atoms with E-state index in [4.69, 9.17) is 0 Å². The smallest absolute Gasteiger partial charge is 0.358 e. The van der Waals surface area contributed by atoms with Gasteiger partial charge >= 0.3 is 25.8 Å². The fraction of sp³-hybridized carbons (Fsp3) is 0.160. The first kappa shape index (κ1) is 22.4.